The van der Waals surface area contributed by atoms with Gasteiger partial charge in [-0.15, -0.1) is 0 Å². The molecule has 2 aromatic heterocycles. The molecule has 0 radical (unpaired) electrons. The number of carbonyl (C=O) groups excluding carboxylic acids is 1. The topological polar surface area (TPSA) is 73.0 Å². The summed E-state index contributed by atoms with van der Waals surface area (Å²) in [5, 5.41) is 7.05. The average Bonchev–Trinajstić information content (AvgIpc) is 3.40. The van der Waals surface area contributed by atoms with Crippen LogP contribution < -0.4 is 5.32 Å². The number of nitrogens with zero attached hydrogens (tertiary/aromatic N) is 3. The van der Waals surface area contributed by atoms with Gasteiger partial charge in [-0.1, -0.05) is 5.16 Å². The third-order valence-electron chi connectivity index (χ3n) is 4.26. The smallest absolute Gasteiger partial charge is 0.290 e. The second-order valence-corrected chi connectivity index (χ2v) is 6.08. The molecule has 4 rings (SSSR count). The molecule has 2 aliphatic rings. The number of nitrogens with one attached hydrogen (secondary N) is 1. The quantitative estimate of drug-likeness (QED) is 0.914. The highest BCUT2D eigenvalue weighted by Gasteiger charge is 2.36. The predicted octanol–water partition coefficient (Wildman–Crippen LogP) is 2.17. The Bertz CT molecular complexity index is 667. The fourth-order valence-electron chi connectivity index (χ4n) is 2.68. The molecule has 0 unspecified atom stereocenters. The summed E-state index contributed by atoms with van der Waals surface area (Å²) in [6.45, 7) is 0. The van der Waals surface area contributed by atoms with Crippen LogP contribution in [0.25, 0.3) is 0 Å². The van der Waals surface area contributed by atoms with Gasteiger partial charge in [0.15, 0.2) is 0 Å². The normalized spacial score (nSPS) is 19.5. The standard InChI is InChI=1S/C15H18N4O2/c1-19-7-6-16-14(19)13(10-4-5-10)17-15(20)12-8-11(18-21-12)9-2-3-9/h6-10,13H,2-5H2,1H3,(H,17,20)/t13-/m1/s1. The highest BCUT2D eigenvalue weighted by Crippen LogP contribution is 2.41. The number of imidazole rings is 1. The van der Waals surface area contributed by atoms with Gasteiger partial charge in [0.2, 0.25) is 5.76 Å². The van der Waals surface area contributed by atoms with E-state index in [-0.39, 0.29) is 11.9 Å². The van der Waals surface area contributed by atoms with E-state index in [0.29, 0.717) is 17.6 Å². The number of aromatic nitrogens is 3. The molecule has 0 aliphatic heterocycles. The first kappa shape index (κ1) is 12.6. The summed E-state index contributed by atoms with van der Waals surface area (Å²) >= 11 is 0. The van der Waals surface area contributed by atoms with Gasteiger partial charge in [-0.2, -0.15) is 0 Å². The van der Waals surface area contributed by atoms with Crippen LogP contribution in [0.2, 0.25) is 0 Å². The molecule has 1 atom stereocenters. The summed E-state index contributed by atoms with van der Waals surface area (Å²) in [7, 11) is 1.95. The van der Waals surface area contributed by atoms with Crippen LogP contribution >= 0.6 is 0 Å². The highest BCUT2D eigenvalue weighted by molar-refractivity contribution is 5.91. The van der Waals surface area contributed by atoms with E-state index in [0.717, 1.165) is 37.2 Å². The molecule has 6 heteroatoms. The average molecular weight is 286 g/mol. The third-order valence-corrected chi connectivity index (χ3v) is 4.26. The summed E-state index contributed by atoms with van der Waals surface area (Å²) < 4.78 is 7.14. The summed E-state index contributed by atoms with van der Waals surface area (Å²) in [5.41, 5.74) is 0.903. The number of hydrogen-bond donors (Lipinski definition) is 1. The Labute approximate surface area is 122 Å². The highest BCUT2D eigenvalue weighted by atomic mass is 16.5. The van der Waals surface area contributed by atoms with E-state index >= 15 is 0 Å². The van der Waals surface area contributed by atoms with Crippen molar-refractivity contribution in [3.63, 3.8) is 0 Å². The van der Waals surface area contributed by atoms with E-state index in [1.807, 2.05) is 17.8 Å². The van der Waals surface area contributed by atoms with Crippen LogP contribution in [0.1, 0.15) is 59.7 Å². The van der Waals surface area contributed by atoms with Gasteiger partial charge in [0.25, 0.3) is 5.91 Å². The van der Waals surface area contributed by atoms with Crippen LogP contribution in [-0.4, -0.2) is 20.6 Å². The van der Waals surface area contributed by atoms with Crippen LogP contribution in [0.3, 0.4) is 0 Å². The SMILES string of the molecule is Cn1ccnc1[C@H](NC(=O)c1cc(C2CC2)no1)C1CC1. The van der Waals surface area contributed by atoms with Gasteiger partial charge in [-0.3, -0.25) is 4.79 Å². The molecule has 1 N–H and O–H groups in total. The van der Waals surface area contributed by atoms with Gasteiger partial charge in [-0.25, -0.2) is 4.98 Å². The fourth-order valence-corrected chi connectivity index (χ4v) is 2.68. The first-order valence-electron chi connectivity index (χ1n) is 7.47. The second kappa shape index (κ2) is 4.72. The minimum absolute atomic E-state index is 0.0491. The van der Waals surface area contributed by atoms with Crippen molar-refractivity contribution in [3.8, 4) is 0 Å². The lowest BCUT2D eigenvalue weighted by atomic mass is 10.1. The van der Waals surface area contributed by atoms with Gasteiger partial charge >= 0.3 is 0 Å². The van der Waals surface area contributed by atoms with Gasteiger partial charge in [0.05, 0.1) is 11.7 Å². The molecular weight excluding hydrogens is 268 g/mol. The van der Waals surface area contributed by atoms with Crippen molar-refractivity contribution in [1.29, 1.82) is 0 Å². The number of amides is 1. The van der Waals surface area contributed by atoms with Gasteiger partial charge in [0, 0.05) is 31.4 Å². The van der Waals surface area contributed by atoms with Gasteiger partial charge in [-0.05, 0) is 31.6 Å². The Kier molecular flexibility index (Phi) is 2.83. The Morgan fingerprint density at radius 1 is 1.43 bits per heavy atom. The lowest BCUT2D eigenvalue weighted by Crippen LogP contribution is -2.31. The van der Waals surface area contributed by atoms with E-state index < -0.39 is 0 Å². The van der Waals surface area contributed by atoms with Crippen molar-refractivity contribution >= 4 is 5.91 Å². The zero-order chi connectivity index (χ0) is 14.4. The maximum atomic E-state index is 12.4. The molecule has 2 aromatic rings. The Balaban J connectivity index is 1.52. The molecule has 6 nitrogen and oxygen atoms in total. The lowest BCUT2D eigenvalue weighted by Gasteiger charge is -2.17. The zero-order valence-corrected chi connectivity index (χ0v) is 12.0. The predicted molar refractivity (Wildman–Crippen MR) is 74.6 cm³/mol. The number of rotatable bonds is 5. The molecule has 21 heavy (non-hydrogen) atoms. The summed E-state index contributed by atoms with van der Waals surface area (Å²) in [6, 6.07) is 1.72. The Hall–Kier alpha value is -2.11. The second-order valence-electron chi connectivity index (χ2n) is 6.08. The van der Waals surface area contributed by atoms with E-state index in [2.05, 4.69) is 15.5 Å². The van der Waals surface area contributed by atoms with Crippen LogP contribution in [0, 0.1) is 5.92 Å². The summed E-state index contributed by atoms with van der Waals surface area (Å²) in [4.78, 5) is 16.7. The molecule has 2 fully saturated rings. The van der Waals surface area contributed by atoms with E-state index in [9.17, 15) is 4.79 Å². The number of carbonyl (C=O) groups is 1. The van der Waals surface area contributed by atoms with Crippen molar-refractivity contribution in [3.05, 3.63) is 35.7 Å². The van der Waals surface area contributed by atoms with Crippen LogP contribution in [0.15, 0.2) is 23.0 Å². The van der Waals surface area contributed by atoms with Crippen molar-refractivity contribution in [2.45, 2.75) is 37.6 Å². The van der Waals surface area contributed by atoms with E-state index in [1.165, 1.54) is 0 Å². The van der Waals surface area contributed by atoms with Crippen LogP contribution in [-0.2, 0) is 7.05 Å². The molecular formula is C15H18N4O2. The van der Waals surface area contributed by atoms with E-state index in [4.69, 9.17) is 4.52 Å². The van der Waals surface area contributed by atoms with Crippen LogP contribution in [0.4, 0.5) is 0 Å². The largest absolute Gasteiger partial charge is 0.351 e. The molecule has 0 spiro atoms. The molecule has 0 aromatic carbocycles. The van der Waals surface area contributed by atoms with Crippen molar-refractivity contribution in [2.24, 2.45) is 13.0 Å². The fraction of sp³-hybridized carbons (Fsp3) is 0.533. The summed E-state index contributed by atoms with van der Waals surface area (Å²) in [5.74, 6) is 1.96. The number of aryl methyl sites for hydroxylation is 1. The van der Waals surface area contributed by atoms with Crippen LogP contribution in [0.5, 0.6) is 0 Å². The Morgan fingerprint density at radius 3 is 2.86 bits per heavy atom. The van der Waals surface area contributed by atoms with Crippen molar-refractivity contribution < 1.29 is 9.32 Å². The van der Waals surface area contributed by atoms with Gasteiger partial charge in [0.1, 0.15) is 5.82 Å². The minimum atomic E-state index is -0.200. The number of hydrogen-bond acceptors (Lipinski definition) is 4. The first-order valence-corrected chi connectivity index (χ1v) is 7.47. The molecule has 110 valence electrons. The van der Waals surface area contributed by atoms with E-state index in [1.54, 1.807) is 12.3 Å². The maximum absolute atomic E-state index is 12.4. The lowest BCUT2D eigenvalue weighted by molar-refractivity contribution is 0.0891. The zero-order valence-electron chi connectivity index (χ0n) is 12.0. The molecule has 2 saturated carbocycles. The molecule has 0 saturated heterocycles. The van der Waals surface area contributed by atoms with Crippen molar-refractivity contribution in [2.75, 3.05) is 0 Å². The molecule has 1 amide bonds. The molecule has 0 bridgehead atoms. The monoisotopic (exact) mass is 286 g/mol. The summed E-state index contributed by atoms with van der Waals surface area (Å²) in [6.07, 6.45) is 8.20. The van der Waals surface area contributed by atoms with Crippen molar-refractivity contribution in [1.82, 2.24) is 20.0 Å². The minimum Gasteiger partial charge on any atom is -0.351 e. The molecule has 2 aliphatic carbocycles. The maximum Gasteiger partial charge on any atom is 0.290 e. The third kappa shape index (κ3) is 2.46. The molecule has 2 heterocycles. The Morgan fingerprint density at radius 2 is 2.24 bits per heavy atom. The first-order chi connectivity index (χ1) is 10.2. The van der Waals surface area contributed by atoms with Gasteiger partial charge < -0.3 is 14.4 Å².